The number of nitrogens with zero attached hydrogens (tertiary/aromatic N) is 1. The number of hydrogen-bond donors (Lipinski definition) is 0. The number of aromatic nitrogens is 1. The number of fused-ring (bicyclic) bond motifs is 1. The third-order valence-electron chi connectivity index (χ3n) is 10.1. The average molecular weight is 428 g/mol. The fourth-order valence-electron chi connectivity index (χ4n) is 6.85. The van der Waals surface area contributed by atoms with Crippen LogP contribution in [0.5, 0.6) is 0 Å². The highest BCUT2D eigenvalue weighted by Crippen LogP contribution is 2.62. The van der Waals surface area contributed by atoms with Gasteiger partial charge in [-0.3, -0.25) is 4.98 Å². The monoisotopic (exact) mass is 427 g/mol. The molecule has 1 aromatic heterocycles. The first-order chi connectivity index (χ1) is 15.2. The van der Waals surface area contributed by atoms with Crippen molar-refractivity contribution in [2.75, 3.05) is 0 Å². The molecule has 6 rings (SSSR count). The van der Waals surface area contributed by atoms with Gasteiger partial charge in [0.25, 0.3) is 0 Å². The average Bonchev–Trinajstić information content (AvgIpc) is 2.81. The molecule has 4 atom stereocenters. The predicted octanol–water partition coefficient (Wildman–Crippen LogP) is 8.05. The lowest BCUT2D eigenvalue weighted by Gasteiger charge is -2.57. The summed E-state index contributed by atoms with van der Waals surface area (Å²) in [5, 5.41) is 0. The number of aryl methyl sites for hydroxylation is 1. The van der Waals surface area contributed by atoms with Crippen molar-refractivity contribution in [1.82, 2.24) is 4.98 Å². The minimum atomic E-state index is -0.0618. The van der Waals surface area contributed by atoms with E-state index in [1.165, 1.54) is 60.9 Å². The van der Waals surface area contributed by atoms with Crippen LogP contribution < -0.4 is 0 Å². The van der Waals surface area contributed by atoms with Crippen LogP contribution in [-0.2, 0) is 24.7 Å². The lowest BCUT2D eigenvalue weighted by atomic mass is 9.47. The van der Waals surface area contributed by atoms with E-state index in [1.807, 2.05) is 0 Å². The van der Waals surface area contributed by atoms with Crippen molar-refractivity contribution in [2.45, 2.75) is 91.4 Å². The lowest BCUT2D eigenvalue weighted by molar-refractivity contribution is 0.0183. The van der Waals surface area contributed by atoms with Crippen molar-refractivity contribution < 1.29 is 0 Å². The minimum Gasteiger partial charge on any atom is -0.256 e. The SMILES string of the molecule is C=CC(C)(c1cc2c(cc1-c1cc3c(cn1)C1CC(C3)C1(C)C)CC(CC)CC2)C(C)C. The lowest BCUT2D eigenvalue weighted by Crippen LogP contribution is -2.48. The molecule has 32 heavy (non-hydrogen) atoms. The van der Waals surface area contributed by atoms with Crippen LogP contribution in [0.2, 0.25) is 0 Å². The molecule has 0 N–H and O–H groups in total. The Morgan fingerprint density at radius 3 is 2.59 bits per heavy atom. The standard InChI is InChI=1S/C31H41N/c1-8-20-10-11-21-15-28(31(7,9-2)19(3)4)25(14-22(21)12-20)29-16-23-13-24-17-27(30(24,5)6)26(23)18-32-29/h9,14-16,18-20,24,27H,2,8,10-13,17H2,1,3-7H3. The summed E-state index contributed by atoms with van der Waals surface area (Å²) in [5.41, 5.74) is 10.5. The van der Waals surface area contributed by atoms with Crippen LogP contribution in [-0.4, -0.2) is 4.98 Å². The topological polar surface area (TPSA) is 12.9 Å². The molecule has 2 aromatic rings. The van der Waals surface area contributed by atoms with Gasteiger partial charge in [0.15, 0.2) is 0 Å². The minimum absolute atomic E-state index is 0.0618. The van der Waals surface area contributed by atoms with Gasteiger partial charge in [0.1, 0.15) is 0 Å². The molecule has 4 unspecified atom stereocenters. The molecule has 0 aliphatic heterocycles. The summed E-state index contributed by atoms with van der Waals surface area (Å²) in [4.78, 5) is 5.12. The molecule has 1 heterocycles. The molecule has 4 aliphatic rings. The van der Waals surface area contributed by atoms with E-state index < -0.39 is 0 Å². The molecule has 170 valence electrons. The maximum atomic E-state index is 5.12. The van der Waals surface area contributed by atoms with Gasteiger partial charge in [0.05, 0.1) is 5.69 Å². The summed E-state index contributed by atoms with van der Waals surface area (Å²) in [5.74, 6) is 2.83. The van der Waals surface area contributed by atoms with E-state index in [9.17, 15) is 0 Å². The Labute approximate surface area is 195 Å². The van der Waals surface area contributed by atoms with Crippen LogP contribution in [0.15, 0.2) is 37.1 Å². The van der Waals surface area contributed by atoms with Crippen molar-refractivity contribution in [3.63, 3.8) is 0 Å². The number of rotatable bonds is 5. The van der Waals surface area contributed by atoms with Crippen LogP contribution >= 0.6 is 0 Å². The van der Waals surface area contributed by atoms with Crippen molar-refractivity contribution in [2.24, 2.45) is 23.2 Å². The van der Waals surface area contributed by atoms with E-state index in [2.05, 4.69) is 78.6 Å². The van der Waals surface area contributed by atoms with Gasteiger partial charge in [0, 0.05) is 17.2 Å². The Kier molecular flexibility index (Phi) is 5.19. The second-order valence-corrected chi connectivity index (χ2v) is 12.1. The van der Waals surface area contributed by atoms with E-state index in [4.69, 9.17) is 4.98 Å². The molecule has 2 bridgehead atoms. The van der Waals surface area contributed by atoms with E-state index in [0.29, 0.717) is 17.3 Å². The maximum Gasteiger partial charge on any atom is 0.0708 e. The smallest absolute Gasteiger partial charge is 0.0708 e. The van der Waals surface area contributed by atoms with E-state index in [-0.39, 0.29) is 5.41 Å². The van der Waals surface area contributed by atoms with E-state index in [0.717, 1.165) is 11.8 Å². The molecule has 0 radical (unpaired) electrons. The third-order valence-corrected chi connectivity index (χ3v) is 10.1. The first-order valence-corrected chi connectivity index (χ1v) is 13.0. The predicted molar refractivity (Wildman–Crippen MR) is 136 cm³/mol. The van der Waals surface area contributed by atoms with Gasteiger partial charge in [-0.2, -0.15) is 0 Å². The van der Waals surface area contributed by atoms with Crippen molar-refractivity contribution in [3.8, 4) is 11.3 Å². The van der Waals surface area contributed by atoms with Gasteiger partial charge in [0.2, 0.25) is 0 Å². The summed E-state index contributed by atoms with van der Waals surface area (Å²) >= 11 is 0. The van der Waals surface area contributed by atoms with Crippen LogP contribution in [0, 0.1) is 23.2 Å². The first-order valence-electron chi connectivity index (χ1n) is 13.0. The highest BCUT2D eigenvalue weighted by atomic mass is 14.7. The first kappa shape index (κ1) is 21.9. The van der Waals surface area contributed by atoms with Crippen molar-refractivity contribution >= 4 is 0 Å². The maximum absolute atomic E-state index is 5.12. The highest BCUT2D eigenvalue weighted by Gasteiger charge is 2.52. The molecule has 4 aliphatic carbocycles. The number of pyridine rings is 1. The molecule has 0 spiro atoms. The van der Waals surface area contributed by atoms with Crippen molar-refractivity contribution in [1.29, 1.82) is 0 Å². The Morgan fingerprint density at radius 1 is 1.16 bits per heavy atom. The Balaban J connectivity index is 1.65. The van der Waals surface area contributed by atoms with Gasteiger partial charge < -0.3 is 0 Å². The quantitative estimate of drug-likeness (QED) is 0.440. The van der Waals surface area contributed by atoms with Gasteiger partial charge in [-0.25, -0.2) is 0 Å². The fraction of sp³-hybridized carbons (Fsp3) is 0.581. The number of allylic oxidation sites excluding steroid dienone is 1. The van der Waals surface area contributed by atoms with Crippen molar-refractivity contribution in [3.05, 3.63) is 64.9 Å². The molecule has 0 saturated heterocycles. The molecule has 1 heteroatoms. The number of hydrogen-bond acceptors (Lipinski definition) is 1. The van der Waals surface area contributed by atoms with Gasteiger partial charge in [-0.15, -0.1) is 6.58 Å². The largest absolute Gasteiger partial charge is 0.256 e. The molecule has 1 fully saturated rings. The zero-order valence-electron chi connectivity index (χ0n) is 21.1. The van der Waals surface area contributed by atoms with Crippen LogP contribution in [0.4, 0.5) is 0 Å². The Morgan fingerprint density at radius 2 is 1.94 bits per heavy atom. The van der Waals surface area contributed by atoms with Crippen LogP contribution in [0.3, 0.4) is 0 Å². The molecule has 1 saturated carbocycles. The third kappa shape index (κ3) is 3.14. The molecular weight excluding hydrogens is 386 g/mol. The second-order valence-electron chi connectivity index (χ2n) is 12.1. The second kappa shape index (κ2) is 7.57. The van der Waals surface area contributed by atoms with Gasteiger partial charge >= 0.3 is 0 Å². The zero-order chi connectivity index (χ0) is 22.8. The van der Waals surface area contributed by atoms with Crippen LogP contribution in [0.25, 0.3) is 11.3 Å². The van der Waals surface area contributed by atoms with Gasteiger partial charge in [-0.05, 0) is 101 Å². The van der Waals surface area contributed by atoms with Gasteiger partial charge in [-0.1, -0.05) is 60.1 Å². The fourth-order valence-corrected chi connectivity index (χ4v) is 6.85. The summed E-state index contributed by atoms with van der Waals surface area (Å²) in [6, 6.07) is 7.48. The molecule has 1 nitrogen and oxygen atoms in total. The zero-order valence-corrected chi connectivity index (χ0v) is 21.1. The summed E-state index contributed by atoms with van der Waals surface area (Å²) in [7, 11) is 0. The Hall–Kier alpha value is -1.89. The normalized spacial score (nSPS) is 27.2. The highest BCUT2D eigenvalue weighted by molar-refractivity contribution is 5.70. The summed E-state index contributed by atoms with van der Waals surface area (Å²) in [6.07, 6.45) is 12.0. The number of benzene rings is 1. The summed E-state index contributed by atoms with van der Waals surface area (Å²) < 4.78 is 0. The Bertz CT molecular complexity index is 1060. The van der Waals surface area contributed by atoms with E-state index >= 15 is 0 Å². The molecule has 0 amide bonds. The molecule has 1 aromatic carbocycles. The summed E-state index contributed by atoms with van der Waals surface area (Å²) in [6.45, 7) is 18.5. The van der Waals surface area contributed by atoms with Crippen LogP contribution in [0.1, 0.15) is 94.5 Å². The van der Waals surface area contributed by atoms with E-state index in [1.54, 1.807) is 16.7 Å². The molecular formula is C31H41N.